The fourth-order valence-corrected chi connectivity index (χ4v) is 5.12. The lowest BCUT2D eigenvalue weighted by molar-refractivity contribution is -0.119. The molecule has 3 rings (SSSR count). The lowest BCUT2D eigenvalue weighted by Crippen LogP contribution is -2.23. The largest absolute Gasteiger partial charge is 0.326 e. The number of hydrogen-bond acceptors (Lipinski definition) is 6. The van der Waals surface area contributed by atoms with Gasteiger partial charge in [-0.15, -0.1) is 11.3 Å². The molecular weight excluding hydrogens is 381 g/mol. The summed E-state index contributed by atoms with van der Waals surface area (Å²) in [5.41, 5.74) is 0.917. The topological polar surface area (TPSA) is 105 Å². The number of sulfone groups is 1. The number of hydrogen-bond donors (Lipinski definition) is 2. The lowest BCUT2D eigenvalue weighted by Gasteiger charge is -2.06. The van der Waals surface area contributed by atoms with Gasteiger partial charge in [0.15, 0.2) is 15.0 Å². The Labute approximate surface area is 153 Å². The average molecular weight is 397 g/mol. The fraction of sp³-hybridized carbons (Fsp3) is 0.312. The first-order chi connectivity index (χ1) is 12.2. The van der Waals surface area contributed by atoms with Gasteiger partial charge in [-0.3, -0.25) is 9.59 Å². The van der Waals surface area contributed by atoms with Gasteiger partial charge in [-0.2, -0.15) is 0 Å². The van der Waals surface area contributed by atoms with Gasteiger partial charge in [0.1, 0.15) is 5.82 Å². The van der Waals surface area contributed by atoms with Gasteiger partial charge in [-0.05, 0) is 24.6 Å². The monoisotopic (exact) mass is 397 g/mol. The Hall–Kier alpha value is -2.33. The van der Waals surface area contributed by atoms with Crippen molar-refractivity contribution in [1.82, 2.24) is 4.98 Å². The van der Waals surface area contributed by atoms with Gasteiger partial charge in [0.05, 0.1) is 23.1 Å². The second-order valence-electron chi connectivity index (χ2n) is 6.00. The van der Waals surface area contributed by atoms with Crippen molar-refractivity contribution in [2.75, 3.05) is 22.1 Å². The highest BCUT2D eigenvalue weighted by molar-refractivity contribution is 7.91. The van der Waals surface area contributed by atoms with E-state index in [2.05, 4.69) is 15.6 Å². The highest BCUT2D eigenvalue weighted by atomic mass is 32.2. The minimum absolute atomic E-state index is 0.0140. The Kier molecular flexibility index (Phi) is 5.05. The third kappa shape index (κ3) is 4.25. The van der Waals surface area contributed by atoms with Crippen molar-refractivity contribution in [3.05, 3.63) is 29.4 Å². The molecule has 0 spiro atoms. The Morgan fingerprint density at radius 1 is 1.31 bits per heavy atom. The first kappa shape index (κ1) is 18.5. The van der Waals surface area contributed by atoms with E-state index in [1.165, 1.54) is 19.1 Å². The zero-order valence-electron chi connectivity index (χ0n) is 13.8. The van der Waals surface area contributed by atoms with Crippen LogP contribution in [-0.4, -0.2) is 36.7 Å². The van der Waals surface area contributed by atoms with Crippen molar-refractivity contribution >= 4 is 43.8 Å². The molecule has 2 heterocycles. The van der Waals surface area contributed by atoms with Gasteiger partial charge < -0.3 is 10.6 Å². The molecule has 2 amide bonds. The molecule has 1 atom stereocenters. The molecule has 1 aliphatic heterocycles. The molecule has 0 aliphatic carbocycles. The standard InChI is InChI=1S/C16H16FN3O4S2/c1-9(21)18-11-2-3-12(13(17)6-11)14-7-25-16(19-14)20-15(22)10-4-5-26(23,24)8-10/h2-3,6-7,10H,4-5,8H2,1H3,(H,18,21)(H,19,20,22). The van der Waals surface area contributed by atoms with Gasteiger partial charge in [-0.1, -0.05) is 0 Å². The van der Waals surface area contributed by atoms with Crippen LogP contribution in [0.2, 0.25) is 0 Å². The van der Waals surface area contributed by atoms with Crippen LogP contribution in [0, 0.1) is 11.7 Å². The Balaban J connectivity index is 1.72. The molecule has 1 unspecified atom stereocenters. The SMILES string of the molecule is CC(=O)Nc1ccc(-c2csc(NC(=O)C3CCS(=O)(=O)C3)n2)c(F)c1. The number of benzene rings is 1. The first-order valence-corrected chi connectivity index (χ1v) is 10.5. The summed E-state index contributed by atoms with van der Waals surface area (Å²) in [4.78, 5) is 27.3. The molecule has 1 aromatic carbocycles. The van der Waals surface area contributed by atoms with Crippen molar-refractivity contribution < 1.29 is 22.4 Å². The maximum Gasteiger partial charge on any atom is 0.230 e. The predicted octanol–water partition coefficient (Wildman–Crippen LogP) is 2.28. The van der Waals surface area contributed by atoms with E-state index in [4.69, 9.17) is 0 Å². The van der Waals surface area contributed by atoms with Crippen LogP contribution < -0.4 is 10.6 Å². The molecule has 26 heavy (non-hydrogen) atoms. The number of rotatable bonds is 4. The molecule has 1 aromatic heterocycles. The summed E-state index contributed by atoms with van der Waals surface area (Å²) in [6, 6.07) is 4.24. The van der Waals surface area contributed by atoms with Crippen LogP contribution in [-0.2, 0) is 19.4 Å². The summed E-state index contributed by atoms with van der Waals surface area (Å²) in [5, 5.41) is 6.96. The second kappa shape index (κ2) is 7.12. The van der Waals surface area contributed by atoms with E-state index in [1.807, 2.05) is 0 Å². The van der Waals surface area contributed by atoms with Crippen molar-refractivity contribution in [3.63, 3.8) is 0 Å². The molecule has 0 bridgehead atoms. The van der Waals surface area contributed by atoms with E-state index < -0.39 is 27.5 Å². The van der Waals surface area contributed by atoms with E-state index in [9.17, 15) is 22.4 Å². The van der Waals surface area contributed by atoms with Crippen molar-refractivity contribution in [2.24, 2.45) is 5.92 Å². The second-order valence-corrected chi connectivity index (χ2v) is 9.09. The number of nitrogens with one attached hydrogen (secondary N) is 2. The van der Waals surface area contributed by atoms with Crippen molar-refractivity contribution in [1.29, 1.82) is 0 Å². The molecule has 10 heteroatoms. The maximum absolute atomic E-state index is 14.2. The third-order valence-corrected chi connectivity index (χ3v) is 6.43. The number of amides is 2. The minimum atomic E-state index is -3.15. The van der Waals surface area contributed by atoms with Gasteiger partial charge in [0.25, 0.3) is 0 Å². The number of nitrogens with zero attached hydrogens (tertiary/aromatic N) is 1. The number of carbonyl (C=O) groups is 2. The predicted molar refractivity (Wildman–Crippen MR) is 97.2 cm³/mol. The van der Waals surface area contributed by atoms with Gasteiger partial charge in [0, 0.05) is 23.6 Å². The molecule has 138 valence electrons. The summed E-state index contributed by atoms with van der Waals surface area (Å²) in [6.45, 7) is 1.33. The van der Waals surface area contributed by atoms with E-state index in [-0.39, 0.29) is 28.1 Å². The van der Waals surface area contributed by atoms with Gasteiger partial charge >= 0.3 is 0 Å². The van der Waals surface area contributed by atoms with Crippen LogP contribution in [0.3, 0.4) is 0 Å². The summed E-state index contributed by atoms with van der Waals surface area (Å²) in [5.74, 6) is -1.98. The maximum atomic E-state index is 14.2. The van der Waals surface area contributed by atoms with E-state index in [1.54, 1.807) is 11.4 Å². The van der Waals surface area contributed by atoms with E-state index in [0.717, 1.165) is 11.3 Å². The van der Waals surface area contributed by atoms with E-state index >= 15 is 0 Å². The third-order valence-electron chi connectivity index (χ3n) is 3.90. The summed E-state index contributed by atoms with van der Waals surface area (Å²) < 4.78 is 37.2. The molecular formula is C16H16FN3O4S2. The zero-order chi connectivity index (χ0) is 18.9. The molecule has 1 fully saturated rings. The number of halogens is 1. The highest BCUT2D eigenvalue weighted by Crippen LogP contribution is 2.29. The average Bonchev–Trinajstić information content (AvgIpc) is 3.13. The van der Waals surface area contributed by atoms with Crippen LogP contribution in [0.4, 0.5) is 15.2 Å². The number of carbonyl (C=O) groups excluding carboxylic acids is 2. The molecule has 2 N–H and O–H groups in total. The van der Waals surface area contributed by atoms with Crippen LogP contribution in [0.5, 0.6) is 0 Å². The summed E-state index contributed by atoms with van der Waals surface area (Å²) >= 11 is 1.13. The van der Waals surface area contributed by atoms with Crippen molar-refractivity contribution in [3.8, 4) is 11.3 Å². The Morgan fingerprint density at radius 3 is 2.69 bits per heavy atom. The van der Waals surface area contributed by atoms with Crippen LogP contribution in [0.1, 0.15) is 13.3 Å². The summed E-state index contributed by atoms with van der Waals surface area (Å²) in [6.07, 6.45) is 0.297. The number of aromatic nitrogens is 1. The summed E-state index contributed by atoms with van der Waals surface area (Å²) in [7, 11) is -3.15. The molecule has 0 saturated carbocycles. The van der Waals surface area contributed by atoms with E-state index in [0.29, 0.717) is 17.8 Å². The van der Waals surface area contributed by atoms with Gasteiger partial charge in [0.2, 0.25) is 11.8 Å². The Bertz CT molecular complexity index is 972. The molecule has 1 saturated heterocycles. The van der Waals surface area contributed by atoms with Crippen molar-refractivity contribution in [2.45, 2.75) is 13.3 Å². The van der Waals surface area contributed by atoms with Gasteiger partial charge in [-0.25, -0.2) is 17.8 Å². The fourth-order valence-electron chi connectivity index (χ4n) is 2.67. The number of anilines is 2. The molecule has 0 radical (unpaired) electrons. The van der Waals surface area contributed by atoms with Crippen LogP contribution in [0.15, 0.2) is 23.6 Å². The zero-order valence-corrected chi connectivity index (χ0v) is 15.4. The lowest BCUT2D eigenvalue weighted by atomic mass is 10.1. The minimum Gasteiger partial charge on any atom is -0.326 e. The molecule has 1 aliphatic rings. The normalized spacial score (nSPS) is 18.5. The van der Waals surface area contributed by atoms with Crippen LogP contribution >= 0.6 is 11.3 Å². The quantitative estimate of drug-likeness (QED) is 0.823. The molecule has 7 nitrogen and oxygen atoms in total. The Morgan fingerprint density at radius 2 is 2.08 bits per heavy atom. The first-order valence-electron chi connectivity index (χ1n) is 7.78. The number of thiazole rings is 1. The highest BCUT2D eigenvalue weighted by Gasteiger charge is 2.33. The smallest absolute Gasteiger partial charge is 0.230 e. The van der Waals surface area contributed by atoms with Crippen LogP contribution in [0.25, 0.3) is 11.3 Å². The molecule has 2 aromatic rings.